The van der Waals surface area contributed by atoms with Crippen molar-refractivity contribution in [1.82, 2.24) is 24.5 Å². The summed E-state index contributed by atoms with van der Waals surface area (Å²) in [7, 11) is -2.78. The van der Waals surface area contributed by atoms with Gasteiger partial charge in [-0.3, -0.25) is 8.97 Å². The molecule has 242 valence electrons. The van der Waals surface area contributed by atoms with E-state index in [0.29, 0.717) is 24.5 Å². The molecule has 0 bridgehead atoms. The summed E-state index contributed by atoms with van der Waals surface area (Å²) in [5.41, 5.74) is -0.0112. The van der Waals surface area contributed by atoms with E-state index >= 15 is 0 Å². The van der Waals surface area contributed by atoms with Gasteiger partial charge in [-0.2, -0.15) is 26.7 Å². The SMILES string of the molecule is Cn1nc(C(C)(C)C)c(Cl)c1-c1nc2nc(-c3ccccc3C(F)(F)F)cc(N3CCCCC3)c2n1OS(=O)(=O)c1ccccc1. The number of fused-ring (bicyclic) bond motifs is 1. The highest BCUT2D eigenvalue weighted by Gasteiger charge is 2.36. The molecule has 0 radical (unpaired) electrons. The van der Waals surface area contributed by atoms with Crippen molar-refractivity contribution in [3.05, 3.63) is 76.9 Å². The molecule has 3 aromatic heterocycles. The molecule has 5 aromatic rings. The fourth-order valence-electron chi connectivity index (χ4n) is 5.67. The molecular weight excluding hydrogens is 641 g/mol. The van der Waals surface area contributed by atoms with Gasteiger partial charge < -0.3 is 4.90 Å². The van der Waals surface area contributed by atoms with E-state index in [-0.39, 0.29) is 43.9 Å². The number of benzene rings is 2. The van der Waals surface area contributed by atoms with Gasteiger partial charge in [0.2, 0.25) is 0 Å². The number of hydrogen-bond donors (Lipinski definition) is 0. The molecule has 9 nitrogen and oxygen atoms in total. The molecule has 0 saturated carbocycles. The Morgan fingerprint density at radius 2 is 1.57 bits per heavy atom. The van der Waals surface area contributed by atoms with E-state index in [2.05, 4.69) is 10.1 Å². The Morgan fingerprint density at radius 3 is 2.20 bits per heavy atom. The van der Waals surface area contributed by atoms with Gasteiger partial charge in [-0.25, -0.2) is 9.97 Å². The van der Waals surface area contributed by atoms with Crippen LogP contribution in [-0.4, -0.2) is 46.0 Å². The van der Waals surface area contributed by atoms with E-state index in [0.717, 1.165) is 30.1 Å². The van der Waals surface area contributed by atoms with Crippen LogP contribution in [0, 0.1) is 0 Å². The molecule has 0 N–H and O–H groups in total. The van der Waals surface area contributed by atoms with Crippen LogP contribution in [0.5, 0.6) is 0 Å². The molecule has 0 aliphatic carbocycles. The highest BCUT2D eigenvalue weighted by atomic mass is 35.5. The van der Waals surface area contributed by atoms with Gasteiger partial charge in [-0.15, -0.1) is 4.73 Å². The van der Waals surface area contributed by atoms with Gasteiger partial charge in [0.05, 0.1) is 27.7 Å². The Kier molecular flexibility index (Phi) is 8.04. The number of imidazole rings is 1. The fraction of sp³-hybridized carbons (Fsp3) is 0.344. The van der Waals surface area contributed by atoms with Gasteiger partial charge in [-0.1, -0.05) is 68.8 Å². The topological polar surface area (TPSA) is 95.1 Å². The molecule has 1 aliphatic rings. The zero-order chi connectivity index (χ0) is 33.0. The summed E-state index contributed by atoms with van der Waals surface area (Å²) in [5, 5.41) is 4.84. The zero-order valence-corrected chi connectivity index (χ0v) is 27.2. The zero-order valence-electron chi connectivity index (χ0n) is 25.6. The maximum atomic E-state index is 14.2. The largest absolute Gasteiger partial charge is 0.417 e. The normalized spacial score (nSPS) is 14.7. The Labute approximate surface area is 269 Å². The molecule has 4 heterocycles. The predicted octanol–water partition coefficient (Wildman–Crippen LogP) is 7.28. The van der Waals surface area contributed by atoms with Crippen LogP contribution >= 0.6 is 11.6 Å². The molecule has 0 spiro atoms. The van der Waals surface area contributed by atoms with E-state index in [1.54, 1.807) is 31.3 Å². The lowest BCUT2D eigenvalue weighted by atomic mass is 9.92. The van der Waals surface area contributed by atoms with Gasteiger partial charge in [0.1, 0.15) is 10.6 Å². The molecule has 1 saturated heterocycles. The summed E-state index contributed by atoms with van der Waals surface area (Å²) in [5.74, 6) is -0.0166. The van der Waals surface area contributed by atoms with Crippen molar-refractivity contribution in [1.29, 1.82) is 0 Å². The average molecular weight is 673 g/mol. The first-order chi connectivity index (χ1) is 21.7. The molecule has 14 heteroatoms. The van der Waals surface area contributed by atoms with E-state index in [9.17, 15) is 21.6 Å². The second-order valence-electron chi connectivity index (χ2n) is 12.2. The van der Waals surface area contributed by atoms with Crippen LogP contribution in [0.1, 0.15) is 51.3 Å². The van der Waals surface area contributed by atoms with Gasteiger partial charge in [0.25, 0.3) is 0 Å². The average Bonchev–Trinajstić information content (AvgIpc) is 3.52. The molecule has 1 fully saturated rings. The highest BCUT2D eigenvalue weighted by molar-refractivity contribution is 7.87. The van der Waals surface area contributed by atoms with Gasteiger partial charge in [-0.05, 0) is 43.5 Å². The minimum absolute atomic E-state index is 0.0112. The number of aromatic nitrogens is 5. The molecule has 1 aliphatic heterocycles. The summed E-state index contributed by atoms with van der Waals surface area (Å²) < 4.78 is 78.3. The Morgan fingerprint density at radius 1 is 0.913 bits per heavy atom. The number of anilines is 1. The van der Waals surface area contributed by atoms with Crippen LogP contribution in [0.15, 0.2) is 65.6 Å². The van der Waals surface area contributed by atoms with Crippen molar-refractivity contribution < 1.29 is 25.9 Å². The Bertz CT molecular complexity index is 2030. The number of nitrogens with zero attached hydrogens (tertiary/aromatic N) is 6. The van der Waals surface area contributed by atoms with Crippen LogP contribution < -0.4 is 9.18 Å². The van der Waals surface area contributed by atoms with E-state index in [1.165, 1.54) is 35.0 Å². The lowest BCUT2D eigenvalue weighted by molar-refractivity contribution is -0.137. The lowest BCUT2D eigenvalue weighted by Crippen LogP contribution is -2.30. The third kappa shape index (κ3) is 5.81. The first-order valence-electron chi connectivity index (χ1n) is 14.8. The highest BCUT2D eigenvalue weighted by Crippen LogP contribution is 2.42. The van der Waals surface area contributed by atoms with Crippen LogP contribution in [-0.2, 0) is 28.8 Å². The lowest BCUT2D eigenvalue weighted by Gasteiger charge is -2.30. The van der Waals surface area contributed by atoms with E-state index in [1.807, 2.05) is 25.7 Å². The molecule has 6 rings (SSSR count). The number of pyridine rings is 1. The minimum Gasteiger partial charge on any atom is -0.370 e. The number of hydrogen-bond acceptors (Lipinski definition) is 7. The maximum Gasteiger partial charge on any atom is 0.417 e. The number of aryl methyl sites for hydroxylation is 1. The predicted molar refractivity (Wildman–Crippen MR) is 170 cm³/mol. The summed E-state index contributed by atoms with van der Waals surface area (Å²) in [6, 6.07) is 14.4. The number of piperidine rings is 1. The number of rotatable bonds is 6. The minimum atomic E-state index is -4.64. The monoisotopic (exact) mass is 672 g/mol. The number of halogens is 4. The number of alkyl halides is 3. The molecule has 0 atom stereocenters. The summed E-state index contributed by atoms with van der Waals surface area (Å²) in [6.45, 7) is 6.98. The quantitative estimate of drug-likeness (QED) is 0.187. The molecule has 2 aromatic carbocycles. The standard InChI is InChI=1S/C32H32ClF3N6O3S/c1-31(2,3)28-25(33)27(40(4)39-28)30-38-29-26(42(30)45-46(43,44)20-13-7-5-8-14-20)24(41-17-11-6-12-18-41)19-23(37-29)21-15-9-10-16-22(21)32(34,35)36/h5,7-10,13-16,19H,6,11-12,17-18H2,1-4H3. The molecular formula is C32H32ClF3N6O3S. The van der Waals surface area contributed by atoms with Gasteiger partial charge in [0.15, 0.2) is 17.0 Å². The molecule has 0 unspecified atom stereocenters. The smallest absolute Gasteiger partial charge is 0.370 e. The fourth-order valence-corrected chi connectivity index (χ4v) is 7.12. The van der Waals surface area contributed by atoms with Crippen molar-refractivity contribution in [2.24, 2.45) is 7.05 Å². The van der Waals surface area contributed by atoms with Crippen LogP contribution in [0.4, 0.5) is 18.9 Å². The Balaban J connectivity index is 1.69. The van der Waals surface area contributed by atoms with Crippen molar-refractivity contribution in [3.8, 4) is 22.8 Å². The van der Waals surface area contributed by atoms with Gasteiger partial charge in [0, 0.05) is 31.1 Å². The first kappa shape index (κ1) is 31.9. The van der Waals surface area contributed by atoms with Gasteiger partial charge >= 0.3 is 16.3 Å². The summed E-state index contributed by atoms with van der Waals surface area (Å²) >= 11 is 6.93. The summed E-state index contributed by atoms with van der Waals surface area (Å²) in [4.78, 5) is 11.2. The molecule has 0 amide bonds. The second-order valence-corrected chi connectivity index (χ2v) is 14.2. The van der Waals surface area contributed by atoms with Crippen LogP contribution in [0.25, 0.3) is 33.9 Å². The maximum absolute atomic E-state index is 14.2. The van der Waals surface area contributed by atoms with Crippen LogP contribution in [0.2, 0.25) is 5.02 Å². The third-order valence-corrected chi connectivity index (χ3v) is 9.44. The van der Waals surface area contributed by atoms with E-state index in [4.69, 9.17) is 20.9 Å². The van der Waals surface area contributed by atoms with Crippen LogP contribution in [0.3, 0.4) is 0 Å². The van der Waals surface area contributed by atoms with Crippen molar-refractivity contribution in [2.75, 3.05) is 18.0 Å². The van der Waals surface area contributed by atoms with Crippen molar-refractivity contribution >= 4 is 38.6 Å². The Hall–Kier alpha value is -4.10. The third-order valence-electron chi connectivity index (χ3n) is 7.88. The molecule has 46 heavy (non-hydrogen) atoms. The summed E-state index contributed by atoms with van der Waals surface area (Å²) in [6.07, 6.45) is -1.98. The first-order valence-corrected chi connectivity index (χ1v) is 16.5. The van der Waals surface area contributed by atoms with Crippen molar-refractivity contribution in [3.63, 3.8) is 0 Å². The van der Waals surface area contributed by atoms with Crippen molar-refractivity contribution in [2.45, 2.75) is 56.5 Å². The van der Waals surface area contributed by atoms with E-state index < -0.39 is 27.3 Å². The second kappa shape index (κ2) is 11.6.